The number of nitrogens with one attached hydrogen (secondary N) is 3. The number of furan rings is 1. The van der Waals surface area contributed by atoms with Crippen LogP contribution in [0.25, 0.3) is 0 Å². The standard InChI is InChI=1S/C24H39N3O7/c1-9-15(4)19(21(29)26-18(14(2)3)22(30)32-8)27-20(28)17(12-16-10-11-33-13-16)25-23(31)34-24(5,6)7/h10-11,13-15,17-19H,9,12H2,1-8H3,(H,25,31)(H,26,29)(H,27,28)/t15-,17+,18+,19+/m0/s1. The molecule has 4 atom stereocenters. The Hall–Kier alpha value is -3.04. The van der Waals surface area contributed by atoms with E-state index in [1.54, 1.807) is 40.7 Å². The first-order valence-electron chi connectivity index (χ1n) is 11.5. The van der Waals surface area contributed by atoms with Crippen LogP contribution in [0.4, 0.5) is 4.79 Å². The fraction of sp³-hybridized carbons (Fsp3) is 0.667. The van der Waals surface area contributed by atoms with Gasteiger partial charge in [-0.3, -0.25) is 9.59 Å². The number of carbonyl (C=O) groups excluding carboxylic acids is 4. The van der Waals surface area contributed by atoms with Crippen molar-refractivity contribution in [3.63, 3.8) is 0 Å². The monoisotopic (exact) mass is 481 g/mol. The van der Waals surface area contributed by atoms with E-state index in [1.165, 1.54) is 19.6 Å². The van der Waals surface area contributed by atoms with Crippen molar-refractivity contribution in [2.75, 3.05) is 7.11 Å². The minimum Gasteiger partial charge on any atom is -0.472 e. The molecule has 10 heteroatoms. The highest BCUT2D eigenvalue weighted by Crippen LogP contribution is 2.13. The maximum atomic E-state index is 13.2. The van der Waals surface area contributed by atoms with Crippen LogP contribution in [0.3, 0.4) is 0 Å². The SMILES string of the molecule is CC[C@H](C)[C@@H](NC(=O)[C@@H](Cc1ccoc1)NC(=O)OC(C)(C)C)C(=O)N[C@@H](C(=O)OC)C(C)C. The largest absolute Gasteiger partial charge is 0.472 e. The molecule has 0 aliphatic carbocycles. The van der Waals surface area contributed by atoms with Gasteiger partial charge in [-0.2, -0.15) is 0 Å². The molecule has 0 aliphatic rings. The molecule has 0 bridgehead atoms. The number of hydrogen-bond acceptors (Lipinski definition) is 7. The molecular weight excluding hydrogens is 442 g/mol. The van der Waals surface area contributed by atoms with Gasteiger partial charge in [0.15, 0.2) is 0 Å². The summed E-state index contributed by atoms with van der Waals surface area (Å²) in [6.45, 7) is 12.4. The number of alkyl carbamates (subject to hydrolysis) is 1. The molecule has 1 aromatic rings. The van der Waals surface area contributed by atoms with Gasteiger partial charge < -0.3 is 29.8 Å². The number of hydrogen-bond donors (Lipinski definition) is 3. The first kappa shape index (κ1) is 29.0. The number of rotatable bonds is 11. The number of ether oxygens (including phenoxy) is 2. The van der Waals surface area contributed by atoms with Crippen molar-refractivity contribution >= 4 is 23.9 Å². The fourth-order valence-electron chi connectivity index (χ4n) is 3.13. The van der Waals surface area contributed by atoms with Gasteiger partial charge in [-0.25, -0.2) is 9.59 Å². The lowest BCUT2D eigenvalue weighted by molar-refractivity contribution is -0.147. The van der Waals surface area contributed by atoms with E-state index in [9.17, 15) is 19.2 Å². The van der Waals surface area contributed by atoms with Gasteiger partial charge in [-0.05, 0) is 44.2 Å². The molecule has 1 rings (SSSR count). The van der Waals surface area contributed by atoms with E-state index < -0.39 is 47.6 Å². The lowest BCUT2D eigenvalue weighted by atomic mass is 9.96. The zero-order valence-corrected chi connectivity index (χ0v) is 21.4. The summed E-state index contributed by atoms with van der Waals surface area (Å²) in [4.78, 5) is 50.8. The van der Waals surface area contributed by atoms with Gasteiger partial charge in [0.1, 0.15) is 23.7 Å². The summed E-state index contributed by atoms with van der Waals surface area (Å²) in [6, 6.07) is -1.13. The second-order valence-corrected chi connectivity index (χ2v) is 9.66. The van der Waals surface area contributed by atoms with Gasteiger partial charge in [-0.15, -0.1) is 0 Å². The highest BCUT2D eigenvalue weighted by atomic mass is 16.6. The van der Waals surface area contributed by atoms with E-state index >= 15 is 0 Å². The third-order valence-electron chi connectivity index (χ3n) is 5.24. The molecule has 10 nitrogen and oxygen atoms in total. The van der Waals surface area contributed by atoms with E-state index in [0.717, 1.165) is 0 Å². The van der Waals surface area contributed by atoms with E-state index in [1.807, 2.05) is 13.8 Å². The normalized spacial score (nSPS) is 15.0. The van der Waals surface area contributed by atoms with Gasteiger partial charge in [-0.1, -0.05) is 34.1 Å². The van der Waals surface area contributed by atoms with E-state index in [2.05, 4.69) is 16.0 Å². The second-order valence-electron chi connectivity index (χ2n) is 9.66. The maximum Gasteiger partial charge on any atom is 0.408 e. The summed E-state index contributed by atoms with van der Waals surface area (Å²) in [5.74, 6) is -2.10. The zero-order chi connectivity index (χ0) is 26.1. The van der Waals surface area contributed by atoms with Gasteiger partial charge in [0.2, 0.25) is 11.8 Å². The van der Waals surface area contributed by atoms with Crippen LogP contribution < -0.4 is 16.0 Å². The Bertz CT molecular complexity index is 815. The Labute approximate surface area is 201 Å². The van der Waals surface area contributed by atoms with Gasteiger partial charge in [0.25, 0.3) is 0 Å². The highest BCUT2D eigenvalue weighted by Gasteiger charge is 2.34. The van der Waals surface area contributed by atoms with Crippen LogP contribution in [0.2, 0.25) is 0 Å². The van der Waals surface area contributed by atoms with Gasteiger partial charge >= 0.3 is 12.1 Å². The van der Waals surface area contributed by atoms with Crippen molar-refractivity contribution < 1.29 is 33.1 Å². The van der Waals surface area contributed by atoms with Crippen molar-refractivity contribution in [2.24, 2.45) is 11.8 Å². The molecule has 0 saturated heterocycles. The topological polar surface area (TPSA) is 136 Å². The molecule has 1 heterocycles. The highest BCUT2D eigenvalue weighted by molar-refractivity contribution is 5.93. The van der Waals surface area contributed by atoms with Crippen LogP contribution in [0.15, 0.2) is 23.0 Å². The van der Waals surface area contributed by atoms with E-state index in [4.69, 9.17) is 13.9 Å². The molecule has 0 saturated carbocycles. The Morgan fingerprint density at radius 2 is 1.62 bits per heavy atom. The molecule has 0 fully saturated rings. The zero-order valence-electron chi connectivity index (χ0n) is 21.4. The second kappa shape index (κ2) is 13.0. The Morgan fingerprint density at radius 3 is 2.09 bits per heavy atom. The summed E-state index contributed by atoms with van der Waals surface area (Å²) in [5.41, 5.74) is -0.0640. The number of methoxy groups -OCH3 is 1. The van der Waals surface area contributed by atoms with Crippen LogP contribution >= 0.6 is 0 Å². The maximum absolute atomic E-state index is 13.2. The van der Waals surface area contributed by atoms with Crippen LogP contribution in [0.1, 0.15) is 60.5 Å². The van der Waals surface area contributed by atoms with Crippen LogP contribution in [-0.2, 0) is 30.3 Å². The fourth-order valence-corrected chi connectivity index (χ4v) is 3.13. The van der Waals surface area contributed by atoms with E-state index in [0.29, 0.717) is 12.0 Å². The van der Waals surface area contributed by atoms with E-state index in [-0.39, 0.29) is 18.3 Å². The lowest BCUT2D eigenvalue weighted by Crippen LogP contribution is -2.59. The molecule has 34 heavy (non-hydrogen) atoms. The molecule has 0 unspecified atom stereocenters. The minimum atomic E-state index is -1.02. The van der Waals surface area contributed by atoms with Gasteiger partial charge in [0.05, 0.1) is 19.6 Å². The van der Waals surface area contributed by atoms with Crippen LogP contribution in [0, 0.1) is 11.8 Å². The molecule has 0 radical (unpaired) electrons. The third kappa shape index (κ3) is 9.44. The number of carbonyl (C=O) groups is 4. The smallest absolute Gasteiger partial charge is 0.408 e. The molecule has 3 N–H and O–H groups in total. The predicted molar refractivity (Wildman–Crippen MR) is 126 cm³/mol. The molecular formula is C24H39N3O7. The molecule has 0 spiro atoms. The molecule has 192 valence electrons. The van der Waals surface area contributed by atoms with Crippen molar-refractivity contribution in [2.45, 2.75) is 85.0 Å². The predicted octanol–water partition coefficient (Wildman–Crippen LogP) is 2.56. The Balaban J connectivity index is 3.08. The quantitative estimate of drug-likeness (QED) is 0.413. The molecule has 1 aromatic heterocycles. The van der Waals surface area contributed by atoms with Crippen molar-refractivity contribution in [3.8, 4) is 0 Å². The van der Waals surface area contributed by atoms with Crippen molar-refractivity contribution in [1.29, 1.82) is 0 Å². The number of amides is 3. The third-order valence-corrected chi connectivity index (χ3v) is 5.24. The van der Waals surface area contributed by atoms with Crippen LogP contribution in [-0.4, -0.2) is 54.7 Å². The lowest BCUT2D eigenvalue weighted by Gasteiger charge is -2.29. The van der Waals surface area contributed by atoms with Gasteiger partial charge in [0, 0.05) is 6.42 Å². The summed E-state index contributed by atoms with van der Waals surface area (Å²) in [6.07, 6.45) is 2.90. The Morgan fingerprint density at radius 1 is 1.00 bits per heavy atom. The Kier molecular flexibility index (Phi) is 11.1. The average molecular weight is 482 g/mol. The first-order chi connectivity index (χ1) is 15.8. The summed E-state index contributed by atoms with van der Waals surface area (Å²) in [5, 5.41) is 8.01. The summed E-state index contributed by atoms with van der Waals surface area (Å²) < 4.78 is 15.2. The van der Waals surface area contributed by atoms with Crippen molar-refractivity contribution in [1.82, 2.24) is 16.0 Å². The van der Waals surface area contributed by atoms with Crippen molar-refractivity contribution in [3.05, 3.63) is 24.2 Å². The summed E-state index contributed by atoms with van der Waals surface area (Å²) in [7, 11) is 1.25. The number of esters is 1. The summed E-state index contributed by atoms with van der Waals surface area (Å²) >= 11 is 0. The molecule has 0 aromatic carbocycles. The minimum absolute atomic E-state index is 0.132. The first-order valence-corrected chi connectivity index (χ1v) is 11.5. The molecule has 3 amide bonds. The molecule has 0 aliphatic heterocycles. The van der Waals surface area contributed by atoms with Crippen LogP contribution in [0.5, 0.6) is 0 Å². The average Bonchev–Trinajstić information content (AvgIpc) is 3.25.